The van der Waals surface area contributed by atoms with Gasteiger partial charge in [-0.3, -0.25) is 4.79 Å². The number of hydrogen-bond acceptors (Lipinski definition) is 4. The Hall–Kier alpha value is -2.69. The molecule has 1 fully saturated rings. The maximum atomic E-state index is 11.9. The highest BCUT2D eigenvalue weighted by Crippen LogP contribution is 2.24. The first-order chi connectivity index (χ1) is 10.2. The van der Waals surface area contributed by atoms with Crippen LogP contribution in [-0.2, 0) is 4.79 Å². The highest BCUT2D eigenvalue weighted by atomic mass is 16.5. The van der Waals surface area contributed by atoms with Crippen molar-refractivity contribution in [3.63, 3.8) is 0 Å². The van der Waals surface area contributed by atoms with Crippen LogP contribution in [-0.4, -0.2) is 23.4 Å². The summed E-state index contributed by atoms with van der Waals surface area (Å²) in [5.41, 5.74) is 1.09. The number of anilines is 1. The van der Waals surface area contributed by atoms with Crippen molar-refractivity contribution in [2.24, 2.45) is 0 Å². The lowest BCUT2D eigenvalue weighted by Crippen LogP contribution is -2.23. The molecule has 1 aromatic heterocycles. The Morgan fingerprint density at radius 2 is 1.95 bits per heavy atom. The van der Waals surface area contributed by atoms with Gasteiger partial charge in [0.2, 0.25) is 5.91 Å². The van der Waals surface area contributed by atoms with Gasteiger partial charge in [-0.25, -0.2) is 9.78 Å². The Kier molecular flexibility index (Phi) is 3.64. The van der Waals surface area contributed by atoms with E-state index in [0.29, 0.717) is 12.2 Å². The molecule has 2 aromatic rings. The maximum absolute atomic E-state index is 11.9. The zero-order chi connectivity index (χ0) is 14.7. The number of aromatic nitrogens is 1. The van der Waals surface area contributed by atoms with Gasteiger partial charge in [0.25, 0.3) is 0 Å². The molecule has 0 atom stereocenters. The van der Waals surface area contributed by atoms with Gasteiger partial charge in [-0.05, 0) is 42.8 Å². The lowest BCUT2D eigenvalue weighted by molar-refractivity contribution is -0.117. The second-order valence-electron chi connectivity index (χ2n) is 4.75. The summed E-state index contributed by atoms with van der Waals surface area (Å²) >= 11 is 0. The fraction of sp³-hybridized carbons (Fsp3) is 0.188. The maximum Gasteiger partial charge on any atom is 0.362 e. The normalized spacial score (nSPS) is 14.3. The number of benzene rings is 1. The predicted molar refractivity (Wildman–Crippen MR) is 77.2 cm³/mol. The largest absolute Gasteiger partial charge is 0.422 e. The number of hydrogen-bond donors (Lipinski definition) is 0. The van der Waals surface area contributed by atoms with Gasteiger partial charge >= 0.3 is 5.97 Å². The number of rotatable bonds is 3. The first-order valence-electron chi connectivity index (χ1n) is 6.78. The van der Waals surface area contributed by atoms with Gasteiger partial charge in [0.15, 0.2) is 0 Å². The van der Waals surface area contributed by atoms with Crippen LogP contribution in [0.4, 0.5) is 5.69 Å². The van der Waals surface area contributed by atoms with Crippen molar-refractivity contribution in [3.8, 4) is 5.75 Å². The Morgan fingerprint density at radius 1 is 1.14 bits per heavy atom. The molecule has 0 spiro atoms. The van der Waals surface area contributed by atoms with Crippen molar-refractivity contribution in [1.82, 2.24) is 4.98 Å². The fourth-order valence-electron chi connectivity index (χ4n) is 2.26. The van der Waals surface area contributed by atoms with E-state index in [9.17, 15) is 9.59 Å². The highest BCUT2D eigenvalue weighted by Gasteiger charge is 2.21. The number of carbonyl (C=O) groups excluding carboxylic acids is 2. The van der Waals surface area contributed by atoms with E-state index >= 15 is 0 Å². The molecule has 1 aromatic carbocycles. The standard InChI is InChI=1S/C16H14N2O3/c19-15-5-3-11-18(15)12-6-8-13(9-7-12)21-16(20)14-4-1-2-10-17-14/h1-2,4,6-10H,3,5,11H2. The number of carbonyl (C=O) groups is 2. The summed E-state index contributed by atoms with van der Waals surface area (Å²) in [4.78, 5) is 29.2. The van der Waals surface area contributed by atoms with E-state index in [1.54, 1.807) is 53.6 Å². The van der Waals surface area contributed by atoms with Crippen LogP contribution in [0.3, 0.4) is 0 Å². The minimum absolute atomic E-state index is 0.133. The average Bonchev–Trinajstić information content (AvgIpc) is 2.95. The van der Waals surface area contributed by atoms with E-state index in [0.717, 1.165) is 18.7 Å². The Labute approximate surface area is 122 Å². The molecule has 3 rings (SSSR count). The Bertz CT molecular complexity index is 653. The third-order valence-corrected chi connectivity index (χ3v) is 3.31. The van der Waals surface area contributed by atoms with Crippen molar-refractivity contribution in [2.45, 2.75) is 12.8 Å². The lowest BCUT2D eigenvalue weighted by Gasteiger charge is -2.15. The van der Waals surface area contributed by atoms with Gasteiger partial charge < -0.3 is 9.64 Å². The van der Waals surface area contributed by atoms with Crippen LogP contribution in [0.5, 0.6) is 5.75 Å². The average molecular weight is 282 g/mol. The molecule has 0 radical (unpaired) electrons. The number of nitrogens with zero attached hydrogens (tertiary/aromatic N) is 2. The van der Waals surface area contributed by atoms with Gasteiger partial charge in [0.1, 0.15) is 11.4 Å². The molecule has 1 amide bonds. The van der Waals surface area contributed by atoms with Crippen molar-refractivity contribution in [3.05, 3.63) is 54.4 Å². The second-order valence-corrected chi connectivity index (χ2v) is 4.75. The summed E-state index contributed by atoms with van der Waals surface area (Å²) in [5, 5.41) is 0. The van der Waals surface area contributed by atoms with Gasteiger partial charge in [0.05, 0.1) is 0 Å². The number of ether oxygens (including phenoxy) is 1. The van der Waals surface area contributed by atoms with Crippen LogP contribution in [0.25, 0.3) is 0 Å². The molecule has 2 heterocycles. The second kappa shape index (κ2) is 5.75. The summed E-state index contributed by atoms with van der Waals surface area (Å²) < 4.78 is 5.24. The van der Waals surface area contributed by atoms with Gasteiger partial charge in [0, 0.05) is 24.8 Å². The molecule has 1 aliphatic heterocycles. The molecular weight excluding hydrogens is 268 g/mol. The van der Waals surface area contributed by atoms with Gasteiger partial charge in [-0.1, -0.05) is 6.07 Å². The number of amides is 1. The molecule has 106 valence electrons. The van der Waals surface area contributed by atoms with E-state index in [-0.39, 0.29) is 11.6 Å². The molecule has 21 heavy (non-hydrogen) atoms. The SMILES string of the molecule is O=C(Oc1ccc(N2CCCC2=O)cc1)c1ccccn1. The molecule has 5 heteroatoms. The van der Waals surface area contributed by atoms with Crippen molar-refractivity contribution in [2.75, 3.05) is 11.4 Å². The Balaban J connectivity index is 1.70. The fourth-order valence-corrected chi connectivity index (χ4v) is 2.26. The third kappa shape index (κ3) is 2.91. The molecule has 0 bridgehead atoms. The molecule has 0 N–H and O–H groups in total. The lowest BCUT2D eigenvalue weighted by atomic mass is 10.3. The predicted octanol–water partition coefficient (Wildman–Crippen LogP) is 2.43. The van der Waals surface area contributed by atoms with E-state index in [1.165, 1.54) is 0 Å². The molecule has 0 saturated carbocycles. The first kappa shape index (κ1) is 13.3. The third-order valence-electron chi connectivity index (χ3n) is 3.31. The minimum Gasteiger partial charge on any atom is -0.422 e. The van der Waals surface area contributed by atoms with E-state index in [1.807, 2.05) is 0 Å². The van der Waals surface area contributed by atoms with Crippen LogP contribution in [0.2, 0.25) is 0 Å². The molecule has 5 nitrogen and oxygen atoms in total. The summed E-state index contributed by atoms with van der Waals surface area (Å²) in [6.07, 6.45) is 3.02. The van der Waals surface area contributed by atoms with Crippen LogP contribution in [0.1, 0.15) is 23.3 Å². The summed E-state index contributed by atoms with van der Waals surface area (Å²) in [6.45, 7) is 0.742. The summed E-state index contributed by atoms with van der Waals surface area (Å²) in [7, 11) is 0. The van der Waals surface area contributed by atoms with Crippen LogP contribution in [0.15, 0.2) is 48.7 Å². The number of pyridine rings is 1. The van der Waals surface area contributed by atoms with Gasteiger partial charge in [-0.2, -0.15) is 0 Å². The zero-order valence-corrected chi connectivity index (χ0v) is 11.4. The first-order valence-corrected chi connectivity index (χ1v) is 6.78. The van der Waals surface area contributed by atoms with Crippen LogP contribution < -0.4 is 9.64 Å². The smallest absolute Gasteiger partial charge is 0.362 e. The van der Waals surface area contributed by atoms with Crippen LogP contribution in [0, 0.1) is 0 Å². The van der Waals surface area contributed by atoms with Crippen molar-refractivity contribution in [1.29, 1.82) is 0 Å². The Morgan fingerprint density at radius 3 is 2.57 bits per heavy atom. The highest BCUT2D eigenvalue weighted by molar-refractivity contribution is 5.95. The van der Waals surface area contributed by atoms with Crippen LogP contribution >= 0.6 is 0 Å². The van der Waals surface area contributed by atoms with E-state index in [4.69, 9.17) is 4.74 Å². The molecule has 1 saturated heterocycles. The molecular formula is C16H14N2O3. The molecule has 0 aliphatic carbocycles. The summed E-state index contributed by atoms with van der Waals surface area (Å²) in [5.74, 6) is 0.0647. The van der Waals surface area contributed by atoms with Gasteiger partial charge in [-0.15, -0.1) is 0 Å². The molecule has 0 unspecified atom stereocenters. The summed E-state index contributed by atoms with van der Waals surface area (Å²) in [6, 6.07) is 12.0. The zero-order valence-electron chi connectivity index (χ0n) is 11.4. The van der Waals surface area contributed by atoms with E-state index in [2.05, 4.69) is 4.98 Å². The molecule has 1 aliphatic rings. The quantitative estimate of drug-likeness (QED) is 0.641. The number of esters is 1. The monoisotopic (exact) mass is 282 g/mol. The van der Waals surface area contributed by atoms with E-state index < -0.39 is 5.97 Å². The van der Waals surface area contributed by atoms with Crippen molar-refractivity contribution >= 4 is 17.6 Å². The minimum atomic E-state index is -0.499. The van der Waals surface area contributed by atoms with Crippen molar-refractivity contribution < 1.29 is 14.3 Å². The topological polar surface area (TPSA) is 59.5 Å².